The molecule has 0 spiro atoms. The molecule has 0 bridgehead atoms. The van der Waals surface area contributed by atoms with Crippen molar-refractivity contribution in [2.75, 3.05) is 6.16 Å². The van der Waals surface area contributed by atoms with E-state index in [2.05, 4.69) is 20.6 Å². The summed E-state index contributed by atoms with van der Waals surface area (Å²) < 4.78 is 24.0. The number of para-hydroxylation sites is 2. The van der Waals surface area contributed by atoms with E-state index in [1.807, 2.05) is 24.3 Å². The van der Waals surface area contributed by atoms with Crippen LogP contribution in [-0.4, -0.2) is 36.5 Å². The van der Waals surface area contributed by atoms with Crippen LogP contribution in [0.3, 0.4) is 0 Å². The Morgan fingerprint density at radius 2 is 1.33 bits per heavy atom. The Kier molecular flexibility index (Phi) is 3.42. The van der Waals surface area contributed by atoms with E-state index in [1.165, 1.54) is 0 Å². The van der Waals surface area contributed by atoms with E-state index in [-0.39, 0.29) is 6.16 Å². The van der Waals surface area contributed by atoms with Crippen LogP contribution >= 0.6 is 7.60 Å². The van der Waals surface area contributed by atoms with Crippen LogP contribution in [0, 0.1) is 0 Å². The summed E-state index contributed by atoms with van der Waals surface area (Å²) in [4.78, 5) is 2.22. The molecule has 2 aromatic heterocycles. The lowest BCUT2D eigenvalue weighted by Gasteiger charge is -2.16. The molecule has 0 unspecified atom stereocenters. The highest BCUT2D eigenvalue weighted by molar-refractivity contribution is 7.54. The molecule has 0 aliphatic rings. The van der Waals surface area contributed by atoms with E-state index < -0.39 is 7.60 Å². The summed E-state index contributed by atoms with van der Waals surface area (Å²) in [6.07, 6.45) is 0.120. The third-order valence-corrected chi connectivity index (χ3v) is 5.02. The lowest BCUT2D eigenvalue weighted by molar-refractivity contribution is 0.147. The van der Waals surface area contributed by atoms with Crippen molar-refractivity contribution >= 4 is 29.7 Å². The molecule has 4 rings (SSSR count). The van der Waals surface area contributed by atoms with Crippen LogP contribution in [0.5, 0.6) is 0 Å². The number of nitrogens with zero attached hydrogens (tertiary/aromatic N) is 6. The van der Waals surface area contributed by atoms with Gasteiger partial charge in [-0.3, -0.25) is 0 Å². The fourth-order valence-electron chi connectivity index (χ4n) is 2.18. The third kappa shape index (κ3) is 2.48. The van der Waals surface area contributed by atoms with Crippen molar-refractivity contribution in [1.82, 2.24) is 30.3 Å². The second-order valence-electron chi connectivity index (χ2n) is 4.99. The fourth-order valence-corrected chi connectivity index (χ4v) is 3.15. The minimum absolute atomic E-state index is 0.120. The van der Waals surface area contributed by atoms with E-state index in [4.69, 9.17) is 9.25 Å². The Morgan fingerprint density at radius 1 is 0.875 bits per heavy atom. The third-order valence-electron chi connectivity index (χ3n) is 3.43. The van der Waals surface area contributed by atoms with Crippen molar-refractivity contribution in [2.24, 2.45) is 0 Å². The van der Waals surface area contributed by atoms with Crippen LogP contribution in [0.1, 0.15) is 6.92 Å². The van der Waals surface area contributed by atoms with Gasteiger partial charge in [0.15, 0.2) is 0 Å². The standard InChI is InChI=1S/C14H13N6O3P/c1-2-24(21,22-19-13-9-5-3-7-11(13)15-17-19)23-20-14-10-6-4-8-12(14)16-18-20/h3-10H,2H2,1H3. The van der Waals surface area contributed by atoms with Crippen LogP contribution < -0.4 is 9.25 Å². The van der Waals surface area contributed by atoms with Crippen molar-refractivity contribution in [3.8, 4) is 0 Å². The van der Waals surface area contributed by atoms with Crippen molar-refractivity contribution in [1.29, 1.82) is 0 Å². The lowest BCUT2D eigenvalue weighted by atomic mass is 10.3. The molecule has 10 heteroatoms. The normalized spacial score (nSPS) is 11.9. The summed E-state index contributed by atoms with van der Waals surface area (Å²) >= 11 is 0. The van der Waals surface area contributed by atoms with E-state index >= 15 is 0 Å². The van der Waals surface area contributed by atoms with Crippen molar-refractivity contribution in [3.63, 3.8) is 0 Å². The summed E-state index contributed by atoms with van der Waals surface area (Å²) in [5, 5.41) is 15.7. The Labute approximate surface area is 136 Å². The molecule has 122 valence electrons. The Bertz CT molecular complexity index is 979. The number of hydrogen-bond acceptors (Lipinski definition) is 7. The number of benzene rings is 2. The molecule has 0 saturated carbocycles. The topological polar surface area (TPSA) is 97.0 Å². The smallest absolute Gasteiger partial charge is 0.302 e. The molecule has 0 N–H and O–H groups in total. The van der Waals surface area contributed by atoms with Gasteiger partial charge in [-0.05, 0) is 34.7 Å². The van der Waals surface area contributed by atoms with Gasteiger partial charge in [-0.2, -0.15) is 0 Å². The second kappa shape index (κ2) is 5.61. The largest absolute Gasteiger partial charge is 0.470 e. The first kappa shape index (κ1) is 14.6. The van der Waals surface area contributed by atoms with Gasteiger partial charge in [0.1, 0.15) is 22.1 Å². The quantitative estimate of drug-likeness (QED) is 0.510. The number of rotatable bonds is 5. The minimum Gasteiger partial charge on any atom is -0.302 e. The van der Waals surface area contributed by atoms with Crippen LogP contribution in [0.4, 0.5) is 0 Å². The fraction of sp³-hybridized carbons (Fsp3) is 0.143. The molecular weight excluding hydrogens is 331 g/mol. The summed E-state index contributed by atoms with van der Waals surface area (Å²) in [6.45, 7) is 1.69. The van der Waals surface area contributed by atoms with E-state index in [1.54, 1.807) is 31.2 Å². The highest BCUT2D eigenvalue weighted by Crippen LogP contribution is 2.41. The highest BCUT2D eigenvalue weighted by atomic mass is 31.2. The first-order valence-electron chi connectivity index (χ1n) is 7.29. The zero-order chi connectivity index (χ0) is 16.6. The Hall–Kier alpha value is -2.93. The van der Waals surface area contributed by atoms with Crippen molar-refractivity contribution < 1.29 is 13.8 Å². The monoisotopic (exact) mass is 344 g/mol. The van der Waals surface area contributed by atoms with Gasteiger partial charge in [0, 0.05) is 0 Å². The summed E-state index contributed by atoms with van der Waals surface area (Å²) in [6, 6.07) is 14.4. The molecular formula is C14H13N6O3P. The predicted octanol–water partition coefficient (Wildman–Crippen LogP) is 1.95. The van der Waals surface area contributed by atoms with E-state index in [0.717, 1.165) is 9.69 Å². The zero-order valence-electron chi connectivity index (χ0n) is 12.7. The molecule has 0 saturated heterocycles. The molecule has 4 aromatic rings. The second-order valence-corrected chi connectivity index (χ2v) is 7.17. The van der Waals surface area contributed by atoms with Gasteiger partial charge in [-0.25, -0.2) is 4.57 Å². The van der Waals surface area contributed by atoms with Crippen molar-refractivity contribution in [3.05, 3.63) is 48.5 Å². The maximum Gasteiger partial charge on any atom is 0.470 e. The molecule has 9 nitrogen and oxygen atoms in total. The van der Waals surface area contributed by atoms with Crippen LogP contribution in [0.25, 0.3) is 22.1 Å². The molecule has 0 radical (unpaired) electrons. The van der Waals surface area contributed by atoms with Gasteiger partial charge < -0.3 is 9.25 Å². The van der Waals surface area contributed by atoms with E-state index in [0.29, 0.717) is 22.1 Å². The maximum atomic E-state index is 13.0. The summed E-state index contributed by atoms with van der Waals surface area (Å²) in [5.41, 5.74) is 2.45. The molecule has 24 heavy (non-hydrogen) atoms. The Balaban J connectivity index is 1.67. The summed E-state index contributed by atoms with van der Waals surface area (Å²) in [5.74, 6) is 0. The molecule has 0 fully saturated rings. The molecule has 2 aromatic carbocycles. The van der Waals surface area contributed by atoms with Gasteiger partial charge in [0.2, 0.25) is 0 Å². The van der Waals surface area contributed by atoms with E-state index in [9.17, 15) is 4.57 Å². The highest BCUT2D eigenvalue weighted by Gasteiger charge is 2.29. The Morgan fingerprint density at radius 3 is 1.79 bits per heavy atom. The average Bonchev–Trinajstić information content (AvgIpc) is 3.20. The first-order chi connectivity index (χ1) is 11.7. The number of hydrogen-bond donors (Lipinski definition) is 0. The van der Waals surface area contributed by atoms with Gasteiger partial charge >= 0.3 is 7.60 Å². The van der Waals surface area contributed by atoms with Gasteiger partial charge in [0.05, 0.1) is 6.16 Å². The molecule has 0 atom stereocenters. The minimum atomic E-state index is -3.57. The van der Waals surface area contributed by atoms with Crippen LogP contribution in [-0.2, 0) is 4.57 Å². The molecule has 2 heterocycles. The maximum absolute atomic E-state index is 13.0. The van der Waals surface area contributed by atoms with Gasteiger partial charge in [-0.1, -0.05) is 40.9 Å². The number of fused-ring (bicyclic) bond motifs is 2. The average molecular weight is 344 g/mol. The summed E-state index contributed by atoms with van der Waals surface area (Å²) in [7, 11) is -3.57. The first-order valence-corrected chi connectivity index (χ1v) is 9.01. The van der Waals surface area contributed by atoms with Crippen LogP contribution in [0.15, 0.2) is 48.5 Å². The zero-order valence-corrected chi connectivity index (χ0v) is 13.6. The molecule has 0 aliphatic carbocycles. The van der Waals surface area contributed by atoms with Gasteiger partial charge in [-0.15, -0.1) is 10.2 Å². The van der Waals surface area contributed by atoms with Crippen LogP contribution in [0.2, 0.25) is 0 Å². The number of aromatic nitrogens is 6. The predicted molar refractivity (Wildman–Crippen MR) is 86.4 cm³/mol. The molecule has 0 aliphatic heterocycles. The van der Waals surface area contributed by atoms with Gasteiger partial charge in [0.25, 0.3) is 0 Å². The molecule has 0 amide bonds. The SMILES string of the molecule is CCP(=O)(On1nnc2ccccc21)On1nnc2ccccc21. The lowest BCUT2D eigenvalue weighted by Crippen LogP contribution is -2.21. The van der Waals surface area contributed by atoms with Crippen molar-refractivity contribution in [2.45, 2.75) is 6.92 Å².